The van der Waals surface area contributed by atoms with E-state index in [0.29, 0.717) is 32.3 Å². The minimum atomic E-state index is -1.96. The Morgan fingerprint density at radius 3 is 2.16 bits per heavy atom. The average molecular weight is 539 g/mol. The molecule has 206 valence electrons. The van der Waals surface area contributed by atoms with Gasteiger partial charge in [0.15, 0.2) is 19.5 Å². The molecule has 4 rings (SSSR count). The summed E-state index contributed by atoms with van der Waals surface area (Å²) in [6.45, 7) is 11.7. The van der Waals surface area contributed by atoms with Crippen LogP contribution >= 0.6 is 0 Å². The molecule has 0 spiro atoms. The third-order valence-corrected chi connectivity index (χ3v) is 14.0. The predicted octanol–water partition coefficient (Wildman–Crippen LogP) is 5.97. The molecule has 0 aromatic heterocycles. The van der Waals surface area contributed by atoms with Crippen LogP contribution in [0.1, 0.15) is 58.4 Å². The Hall–Kier alpha value is -2.51. The normalized spacial score (nSPS) is 22.6. The molecule has 0 bridgehead atoms. The Morgan fingerprint density at radius 2 is 1.58 bits per heavy atom. The molecular weight excluding hydrogens is 496 g/mol. The molecule has 3 aliphatic carbocycles. The second-order valence-corrected chi connectivity index (χ2v) is 17.3. The second-order valence-electron chi connectivity index (χ2n) is 12.5. The van der Waals surface area contributed by atoms with Crippen LogP contribution in [-0.2, 0) is 34.7 Å². The van der Waals surface area contributed by atoms with Gasteiger partial charge in [-0.25, -0.2) is 0 Å². The van der Waals surface area contributed by atoms with Gasteiger partial charge in [-0.3, -0.25) is 14.4 Å². The van der Waals surface area contributed by atoms with Gasteiger partial charge in [-0.15, -0.1) is 0 Å². The maximum atomic E-state index is 13.4. The summed E-state index contributed by atoms with van der Waals surface area (Å²) in [5, 5.41) is 0.0905. The Bertz CT molecular complexity index is 1150. The molecule has 1 fully saturated rings. The summed E-state index contributed by atoms with van der Waals surface area (Å²) in [5.41, 5.74) is 4.18. The van der Waals surface area contributed by atoms with E-state index in [-0.39, 0.29) is 29.1 Å². The number of esters is 2. The van der Waals surface area contributed by atoms with Gasteiger partial charge in [-0.2, -0.15) is 0 Å². The van der Waals surface area contributed by atoms with Crippen LogP contribution < -0.4 is 0 Å². The minimum absolute atomic E-state index is 0.00216. The fourth-order valence-electron chi connectivity index (χ4n) is 6.36. The van der Waals surface area contributed by atoms with E-state index in [2.05, 4.69) is 46.0 Å². The number of allylic oxidation sites excluding steroid dienone is 3. The van der Waals surface area contributed by atoms with Crippen LogP contribution in [0, 0.1) is 17.3 Å². The van der Waals surface area contributed by atoms with E-state index < -0.39 is 25.7 Å². The Morgan fingerprint density at radius 1 is 0.947 bits per heavy atom. The summed E-state index contributed by atoms with van der Waals surface area (Å²) in [6, 6.07) is 10.2. The fraction of sp³-hybridized carbons (Fsp3) is 0.581. The standard InChI is InChI=1S/C31H42O6Si/c1-30(2,3)38(6,7)37-16-15-21-24-18-31(28(33)35-4,29(34)36-5)19-25(24)23-17-26(32)22(27(21)23)14-13-20-11-9-8-10-12-20/h8-12,23,25H,13-19H2,1-7H3/t23-,25-/m1/s1. The van der Waals surface area contributed by atoms with Gasteiger partial charge in [0, 0.05) is 13.0 Å². The fourth-order valence-corrected chi connectivity index (χ4v) is 7.40. The minimum Gasteiger partial charge on any atom is -0.468 e. The lowest BCUT2D eigenvalue weighted by atomic mass is 9.80. The number of fused-ring (bicyclic) bond motifs is 3. The quantitative estimate of drug-likeness (QED) is 0.219. The van der Waals surface area contributed by atoms with Gasteiger partial charge in [0.05, 0.1) is 14.2 Å². The molecule has 1 aromatic carbocycles. The number of methoxy groups -OCH3 is 2. The zero-order chi connectivity index (χ0) is 27.9. The molecular formula is C31H42O6Si. The number of hydrogen-bond acceptors (Lipinski definition) is 6. The van der Waals surface area contributed by atoms with E-state index in [1.807, 2.05) is 18.2 Å². The van der Waals surface area contributed by atoms with Gasteiger partial charge in [-0.1, -0.05) is 56.7 Å². The smallest absolute Gasteiger partial charge is 0.323 e. The van der Waals surface area contributed by atoms with Crippen molar-refractivity contribution in [3.63, 3.8) is 0 Å². The zero-order valence-electron chi connectivity index (χ0n) is 23.9. The molecule has 0 saturated heterocycles. The number of carbonyl (C=O) groups excluding carboxylic acids is 3. The van der Waals surface area contributed by atoms with Crippen molar-refractivity contribution in [2.24, 2.45) is 17.3 Å². The topological polar surface area (TPSA) is 78.9 Å². The molecule has 7 heteroatoms. The van der Waals surface area contributed by atoms with E-state index in [4.69, 9.17) is 13.9 Å². The van der Waals surface area contributed by atoms with Crippen LogP contribution in [0.15, 0.2) is 52.6 Å². The van der Waals surface area contributed by atoms with Crippen LogP contribution in [0.4, 0.5) is 0 Å². The maximum absolute atomic E-state index is 13.4. The molecule has 0 N–H and O–H groups in total. The monoisotopic (exact) mass is 538 g/mol. The highest BCUT2D eigenvalue weighted by Crippen LogP contribution is 2.61. The number of aryl methyl sites for hydroxylation is 1. The molecule has 1 saturated carbocycles. The summed E-state index contributed by atoms with van der Waals surface area (Å²) in [5.74, 6) is -0.951. The van der Waals surface area contributed by atoms with Crippen molar-refractivity contribution in [3.8, 4) is 0 Å². The Kier molecular flexibility index (Phi) is 7.93. The SMILES string of the molecule is COC(=O)C1(C(=O)OC)CC2=C(CCO[Si](C)(C)C(C)(C)C)C3=C(CCc4ccccc4)C(=O)C[C@@H]3[C@H]2C1. The maximum Gasteiger partial charge on any atom is 0.323 e. The zero-order valence-corrected chi connectivity index (χ0v) is 24.9. The Labute approximate surface area is 227 Å². The van der Waals surface area contributed by atoms with E-state index in [0.717, 1.165) is 28.7 Å². The van der Waals surface area contributed by atoms with E-state index in [1.54, 1.807) is 0 Å². The highest BCUT2D eigenvalue weighted by Gasteiger charge is 2.61. The van der Waals surface area contributed by atoms with Gasteiger partial charge >= 0.3 is 11.9 Å². The molecule has 3 aliphatic rings. The number of carbonyl (C=O) groups is 3. The number of ether oxygens (including phenoxy) is 2. The van der Waals surface area contributed by atoms with E-state index in [9.17, 15) is 14.4 Å². The summed E-state index contributed by atoms with van der Waals surface area (Å²) in [6.07, 6.45) is 3.21. The predicted molar refractivity (Wildman–Crippen MR) is 149 cm³/mol. The molecule has 0 amide bonds. The molecule has 38 heavy (non-hydrogen) atoms. The van der Waals surface area contributed by atoms with Crippen LogP contribution in [-0.4, -0.2) is 46.9 Å². The van der Waals surface area contributed by atoms with Gasteiger partial charge in [0.2, 0.25) is 0 Å². The second kappa shape index (κ2) is 10.6. The van der Waals surface area contributed by atoms with Crippen molar-refractivity contribution in [1.29, 1.82) is 0 Å². The number of benzene rings is 1. The first kappa shape index (κ1) is 28.5. The lowest BCUT2D eigenvalue weighted by Gasteiger charge is -2.36. The van der Waals surface area contributed by atoms with Crippen molar-refractivity contribution in [3.05, 3.63) is 58.2 Å². The van der Waals surface area contributed by atoms with Crippen molar-refractivity contribution >= 4 is 26.0 Å². The van der Waals surface area contributed by atoms with Crippen molar-refractivity contribution in [2.75, 3.05) is 20.8 Å². The molecule has 1 aromatic rings. The third kappa shape index (κ3) is 4.95. The molecule has 0 aliphatic heterocycles. The first-order valence-electron chi connectivity index (χ1n) is 13.7. The van der Waals surface area contributed by atoms with Crippen LogP contribution in [0.5, 0.6) is 0 Å². The van der Waals surface area contributed by atoms with Gasteiger partial charge in [-0.05, 0) is 84.4 Å². The van der Waals surface area contributed by atoms with E-state index in [1.165, 1.54) is 19.8 Å². The van der Waals surface area contributed by atoms with Gasteiger partial charge < -0.3 is 13.9 Å². The molecule has 0 unspecified atom stereocenters. The van der Waals surface area contributed by atoms with E-state index >= 15 is 0 Å². The number of Topliss-reactive ketones (excluding diaryl/α,β-unsaturated/α-hetero) is 1. The van der Waals surface area contributed by atoms with Crippen molar-refractivity contribution < 1.29 is 28.3 Å². The summed E-state index contributed by atoms with van der Waals surface area (Å²) >= 11 is 0. The molecule has 0 heterocycles. The van der Waals surface area contributed by atoms with Crippen molar-refractivity contribution in [2.45, 2.75) is 77.4 Å². The van der Waals surface area contributed by atoms with Crippen molar-refractivity contribution in [1.82, 2.24) is 0 Å². The molecule has 2 atom stereocenters. The largest absolute Gasteiger partial charge is 0.468 e. The van der Waals surface area contributed by atoms with Gasteiger partial charge in [0.1, 0.15) is 0 Å². The summed E-state index contributed by atoms with van der Waals surface area (Å²) in [4.78, 5) is 39.3. The summed E-state index contributed by atoms with van der Waals surface area (Å²) < 4.78 is 16.8. The molecule has 0 radical (unpaired) electrons. The summed E-state index contributed by atoms with van der Waals surface area (Å²) in [7, 11) is 0.667. The first-order chi connectivity index (χ1) is 17.9. The number of rotatable bonds is 9. The number of ketones is 1. The first-order valence-corrected chi connectivity index (χ1v) is 16.6. The lowest BCUT2D eigenvalue weighted by Crippen LogP contribution is -2.41. The highest BCUT2D eigenvalue weighted by molar-refractivity contribution is 6.74. The van der Waals surface area contributed by atoms with Crippen LogP contribution in [0.2, 0.25) is 18.1 Å². The van der Waals surface area contributed by atoms with Gasteiger partial charge in [0.25, 0.3) is 0 Å². The highest BCUT2D eigenvalue weighted by atomic mass is 28.4. The lowest BCUT2D eigenvalue weighted by molar-refractivity contribution is -0.168. The van der Waals surface area contributed by atoms with Crippen LogP contribution in [0.3, 0.4) is 0 Å². The Balaban J connectivity index is 1.71. The van der Waals surface area contributed by atoms with Crippen LogP contribution in [0.25, 0.3) is 0 Å². The third-order valence-electron chi connectivity index (χ3n) is 9.42. The molecule has 6 nitrogen and oxygen atoms in total. The average Bonchev–Trinajstić information content (AvgIpc) is 3.50. The number of hydrogen-bond donors (Lipinski definition) is 0.